The van der Waals surface area contributed by atoms with Crippen LogP contribution in [0.2, 0.25) is 0 Å². The summed E-state index contributed by atoms with van der Waals surface area (Å²) in [6, 6.07) is 8.37. The number of aromatic amines is 1. The lowest BCUT2D eigenvalue weighted by Crippen LogP contribution is -2.12. The minimum absolute atomic E-state index is 0.252. The minimum atomic E-state index is -0.252. The first-order valence-corrected chi connectivity index (χ1v) is 6.22. The highest BCUT2D eigenvalue weighted by atomic mass is 16.5. The molecule has 0 unspecified atom stereocenters. The number of H-pyrrole nitrogens is 1. The maximum absolute atomic E-state index is 11.8. The number of ether oxygens (including phenoxy) is 1. The Bertz CT molecular complexity index is 598. The zero-order valence-corrected chi connectivity index (χ0v) is 10.3. The molecule has 2 aromatic rings. The quantitative estimate of drug-likeness (QED) is 0.701. The molecule has 18 heavy (non-hydrogen) atoms. The highest BCUT2D eigenvalue weighted by Crippen LogP contribution is 2.29. The van der Waals surface area contributed by atoms with Crippen LogP contribution in [0.3, 0.4) is 0 Å². The molecular formula is C15H15NO2. The lowest BCUT2D eigenvalue weighted by atomic mass is 9.87. The predicted octanol–water partition coefficient (Wildman–Crippen LogP) is 2.69. The van der Waals surface area contributed by atoms with Gasteiger partial charge in [0.05, 0.1) is 6.61 Å². The highest BCUT2D eigenvalue weighted by molar-refractivity contribution is 5.90. The van der Waals surface area contributed by atoms with Gasteiger partial charge < -0.3 is 9.72 Å². The minimum Gasteiger partial charge on any atom is -0.461 e. The number of hydrogen-bond acceptors (Lipinski definition) is 2. The van der Waals surface area contributed by atoms with Gasteiger partial charge >= 0.3 is 5.97 Å². The molecule has 3 heteroatoms. The average Bonchev–Trinajstić information content (AvgIpc) is 2.79. The summed E-state index contributed by atoms with van der Waals surface area (Å²) in [5.74, 6) is -0.252. The van der Waals surface area contributed by atoms with E-state index in [2.05, 4.69) is 23.2 Å². The predicted molar refractivity (Wildman–Crippen MR) is 68.8 cm³/mol. The largest absolute Gasteiger partial charge is 0.461 e. The second-order valence-electron chi connectivity index (χ2n) is 4.51. The number of rotatable bonds is 2. The Labute approximate surface area is 106 Å². The van der Waals surface area contributed by atoms with Crippen LogP contribution in [-0.2, 0) is 17.6 Å². The molecule has 1 aromatic carbocycles. The van der Waals surface area contributed by atoms with Gasteiger partial charge in [0.15, 0.2) is 0 Å². The standard InChI is InChI=1S/C15H15NO2/c1-2-18-15(17)14-13-8-11-6-4-3-5-10(11)7-12(13)9-16-14/h3-6,9,16H,2,7-8H2,1H3. The third kappa shape index (κ3) is 1.72. The molecule has 1 aliphatic rings. The number of aromatic nitrogens is 1. The van der Waals surface area contributed by atoms with Gasteiger partial charge in [-0.15, -0.1) is 0 Å². The third-order valence-electron chi connectivity index (χ3n) is 3.43. The van der Waals surface area contributed by atoms with Crippen molar-refractivity contribution in [2.45, 2.75) is 19.8 Å². The Balaban J connectivity index is 1.98. The molecule has 0 fully saturated rings. The molecule has 0 spiro atoms. The Kier molecular flexibility index (Phi) is 2.67. The van der Waals surface area contributed by atoms with E-state index in [1.165, 1.54) is 16.7 Å². The van der Waals surface area contributed by atoms with Gasteiger partial charge in [-0.2, -0.15) is 0 Å². The number of benzene rings is 1. The summed E-state index contributed by atoms with van der Waals surface area (Å²) in [5, 5.41) is 0. The Morgan fingerprint density at radius 3 is 2.67 bits per heavy atom. The summed E-state index contributed by atoms with van der Waals surface area (Å²) in [5.41, 5.74) is 5.56. The molecular weight excluding hydrogens is 226 g/mol. The summed E-state index contributed by atoms with van der Waals surface area (Å²) in [4.78, 5) is 14.9. The van der Waals surface area contributed by atoms with E-state index in [-0.39, 0.29) is 5.97 Å². The van der Waals surface area contributed by atoms with Gasteiger partial charge in [-0.1, -0.05) is 24.3 Å². The second kappa shape index (κ2) is 4.33. The lowest BCUT2D eigenvalue weighted by molar-refractivity contribution is 0.0519. The summed E-state index contributed by atoms with van der Waals surface area (Å²) in [6.45, 7) is 2.23. The van der Waals surface area contributed by atoms with Crippen molar-refractivity contribution in [1.82, 2.24) is 4.98 Å². The van der Waals surface area contributed by atoms with Crippen molar-refractivity contribution in [3.05, 3.63) is 58.4 Å². The third-order valence-corrected chi connectivity index (χ3v) is 3.43. The summed E-state index contributed by atoms with van der Waals surface area (Å²) in [7, 11) is 0. The van der Waals surface area contributed by atoms with Crippen LogP contribution in [0.25, 0.3) is 0 Å². The van der Waals surface area contributed by atoms with Crippen LogP contribution in [0, 0.1) is 0 Å². The van der Waals surface area contributed by atoms with Crippen molar-refractivity contribution in [3.63, 3.8) is 0 Å². The van der Waals surface area contributed by atoms with Crippen molar-refractivity contribution >= 4 is 5.97 Å². The van der Waals surface area contributed by atoms with Crippen molar-refractivity contribution in [2.24, 2.45) is 0 Å². The van der Waals surface area contributed by atoms with Crippen LogP contribution in [-0.4, -0.2) is 17.6 Å². The van der Waals surface area contributed by atoms with Crippen LogP contribution < -0.4 is 0 Å². The van der Waals surface area contributed by atoms with E-state index in [1.807, 2.05) is 19.2 Å². The molecule has 1 N–H and O–H groups in total. The SMILES string of the molecule is CCOC(=O)c1[nH]cc2c1Cc1ccccc1C2. The molecule has 1 aromatic heterocycles. The fourth-order valence-corrected chi connectivity index (χ4v) is 2.54. The molecule has 0 bridgehead atoms. The van der Waals surface area contributed by atoms with E-state index in [0.717, 1.165) is 18.4 Å². The zero-order chi connectivity index (χ0) is 12.5. The first-order chi connectivity index (χ1) is 8.79. The maximum Gasteiger partial charge on any atom is 0.355 e. The normalized spacial score (nSPS) is 12.7. The molecule has 92 valence electrons. The molecule has 0 radical (unpaired) electrons. The number of esters is 1. The Morgan fingerprint density at radius 2 is 1.94 bits per heavy atom. The Hall–Kier alpha value is -2.03. The van der Waals surface area contributed by atoms with Gasteiger partial charge in [0, 0.05) is 12.6 Å². The molecule has 3 rings (SSSR count). The highest BCUT2D eigenvalue weighted by Gasteiger charge is 2.23. The second-order valence-corrected chi connectivity index (χ2v) is 4.51. The van der Waals surface area contributed by atoms with Gasteiger partial charge in [-0.3, -0.25) is 0 Å². The monoisotopic (exact) mass is 241 g/mol. The molecule has 0 aliphatic heterocycles. The number of nitrogens with one attached hydrogen (secondary N) is 1. The van der Waals surface area contributed by atoms with Crippen molar-refractivity contribution in [3.8, 4) is 0 Å². The maximum atomic E-state index is 11.8. The molecule has 1 heterocycles. The van der Waals surface area contributed by atoms with E-state index in [9.17, 15) is 4.79 Å². The first-order valence-electron chi connectivity index (χ1n) is 6.22. The van der Waals surface area contributed by atoms with Crippen molar-refractivity contribution in [2.75, 3.05) is 6.61 Å². The molecule has 0 saturated carbocycles. The van der Waals surface area contributed by atoms with Gasteiger partial charge in [0.25, 0.3) is 0 Å². The lowest BCUT2D eigenvalue weighted by Gasteiger charge is -2.16. The topological polar surface area (TPSA) is 42.1 Å². The van der Waals surface area contributed by atoms with E-state index in [0.29, 0.717) is 12.3 Å². The van der Waals surface area contributed by atoms with Gasteiger partial charge in [0.1, 0.15) is 5.69 Å². The van der Waals surface area contributed by atoms with Crippen LogP contribution >= 0.6 is 0 Å². The summed E-state index contributed by atoms with van der Waals surface area (Å²) >= 11 is 0. The molecule has 0 saturated heterocycles. The van der Waals surface area contributed by atoms with Gasteiger partial charge in [-0.05, 0) is 35.6 Å². The van der Waals surface area contributed by atoms with E-state index in [1.54, 1.807) is 0 Å². The zero-order valence-electron chi connectivity index (χ0n) is 10.3. The van der Waals surface area contributed by atoms with Gasteiger partial charge in [0.2, 0.25) is 0 Å². The average molecular weight is 241 g/mol. The van der Waals surface area contributed by atoms with Crippen LogP contribution in [0.4, 0.5) is 0 Å². The van der Waals surface area contributed by atoms with Crippen LogP contribution in [0.5, 0.6) is 0 Å². The van der Waals surface area contributed by atoms with E-state index >= 15 is 0 Å². The van der Waals surface area contributed by atoms with Crippen molar-refractivity contribution < 1.29 is 9.53 Å². The number of carbonyl (C=O) groups is 1. The summed E-state index contributed by atoms with van der Waals surface area (Å²) in [6.07, 6.45) is 3.63. The summed E-state index contributed by atoms with van der Waals surface area (Å²) < 4.78 is 5.07. The number of hydrogen-bond donors (Lipinski definition) is 1. The number of carbonyl (C=O) groups excluding carboxylic acids is 1. The number of fused-ring (bicyclic) bond motifs is 2. The van der Waals surface area contributed by atoms with Crippen LogP contribution in [0.1, 0.15) is 39.7 Å². The fraction of sp³-hybridized carbons (Fsp3) is 0.267. The van der Waals surface area contributed by atoms with Crippen LogP contribution in [0.15, 0.2) is 30.5 Å². The molecule has 0 amide bonds. The van der Waals surface area contributed by atoms with Crippen molar-refractivity contribution in [1.29, 1.82) is 0 Å². The molecule has 3 nitrogen and oxygen atoms in total. The smallest absolute Gasteiger partial charge is 0.355 e. The first kappa shape index (κ1) is 11.1. The van der Waals surface area contributed by atoms with E-state index in [4.69, 9.17) is 4.74 Å². The molecule has 1 aliphatic carbocycles. The fourth-order valence-electron chi connectivity index (χ4n) is 2.54. The Morgan fingerprint density at radius 1 is 1.22 bits per heavy atom. The molecule has 0 atom stereocenters. The van der Waals surface area contributed by atoms with E-state index < -0.39 is 0 Å². The van der Waals surface area contributed by atoms with Gasteiger partial charge in [-0.25, -0.2) is 4.79 Å².